The van der Waals surface area contributed by atoms with Crippen molar-refractivity contribution in [2.75, 3.05) is 16.4 Å². The molecule has 7 N–H and O–H groups in total. The summed E-state index contributed by atoms with van der Waals surface area (Å²) in [6, 6.07) is 5.19. The Morgan fingerprint density at radius 1 is 1.06 bits per heavy atom. The molecule has 1 amide bonds. The van der Waals surface area contributed by atoms with E-state index in [1.165, 1.54) is 12.1 Å². The topological polar surface area (TPSA) is 205 Å². The highest BCUT2D eigenvalue weighted by Crippen LogP contribution is 2.19. The Bertz CT molecular complexity index is 1230. The molecule has 0 saturated carbocycles. The third-order valence-corrected chi connectivity index (χ3v) is 4.77. The van der Waals surface area contributed by atoms with E-state index >= 15 is 0 Å². The summed E-state index contributed by atoms with van der Waals surface area (Å²) in [4.78, 5) is 51.5. The van der Waals surface area contributed by atoms with E-state index in [0.29, 0.717) is 34.9 Å². The molecule has 184 valence electrons. The van der Waals surface area contributed by atoms with Gasteiger partial charge in [0, 0.05) is 23.7 Å². The summed E-state index contributed by atoms with van der Waals surface area (Å²) in [5, 5.41) is 26.6. The zero-order valence-corrected chi connectivity index (χ0v) is 19.1. The second kappa shape index (κ2) is 11.0. The second-order valence-electron chi connectivity index (χ2n) is 7.99. The molecule has 0 aliphatic heterocycles. The van der Waals surface area contributed by atoms with Gasteiger partial charge in [0.05, 0.1) is 18.4 Å². The van der Waals surface area contributed by atoms with Crippen molar-refractivity contribution in [3.05, 3.63) is 41.7 Å². The van der Waals surface area contributed by atoms with Crippen LogP contribution >= 0.6 is 0 Å². The van der Waals surface area contributed by atoms with Crippen LogP contribution in [0.4, 0.5) is 17.5 Å². The molecule has 0 spiro atoms. The summed E-state index contributed by atoms with van der Waals surface area (Å²) < 4.78 is 0. The van der Waals surface area contributed by atoms with Gasteiger partial charge in [-0.15, -0.1) is 0 Å². The van der Waals surface area contributed by atoms with E-state index in [1.807, 2.05) is 13.8 Å². The average molecular weight is 483 g/mol. The maximum Gasteiger partial charge on any atom is 0.326 e. The number of aromatic nitrogens is 4. The fraction of sp³-hybridized carbons (Fsp3) is 0.318. The lowest BCUT2D eigenvalue weighted by molar-refractivity contribution is -0.140. The molecule has 13 nitrogen and oxygen atoms in total. The minimum atomic E-state index is -1.30. The summed E-state index contributed by atoms with van der Waals surface area (Å²) in [5.74, 6) is -2.45. The number of carboxylic acids is 2. The van der Waals surface area contributed by atoms with E-state index < -0.39 is 23.9 Å². The Morgan fingerprint density at radius 3 is 2.40 bits per heavy atom. The van der Waals surface area contributed by atoms with Gasteiger partial charge >= 0.3 is 11.9 Å². The number of nitrogens with one attached hydrogen (secondary N) is 3. The summed E-state index contributed by atoms with van der Waals surface area (Å²) in [6.45, 7) is 4.26. The number of carboxylic acid groups (broad SMARTS) is 2. The Kier molecular flexibility index (Phi) is 7.92. The smallest absolute Gasteiger partial charge is 0.326 e. The van der Waals surface area contributed by atoms with Crippen LogP contribution in [0.1, 0.15) is 42.7 Å². The molecule has 2 heterocycles. The van der Waals surface area contributed by atoms with Crippen LogP contribution in [0.5, 0.6) is 0 Å². The highest BCUT2D eigenvalue weighted by atomic mass is 16.4. The number of anilines is 3. The van der Waals surface area contributed by atoms with Gasteiger partial charge in [-0.1, -0.05) is 0 Å². The van der Waals surface area contributed by atoms with E-state index in [4.69, 9.17) is 10.8 Å². The van der Waals surface area contributed by atoms with Gasteiger partial charge in [0.1, 0.15) is 6.04 Å². The number of carbonyl (C=O) groups excluding carboxylic acids is 1. The zero-order chi connectivity index (χ0) is 25.5. The predicted octanol–water partition coefficient (Wildman–Crippen LogP) is 1.48. The molecule has 0 unspecified atom stereocenters. The molecule has 0 aliphatic rings. The third-order valence-electron chi connectivity index (χ3n) is 4.77. The number of carbonyl (C=O) groups is 3. The molecular formula is C22H26N8O5. The monoisotopic (exact) mass is 482 g/mol. The summed E-state index contributed by atoms with van der Waals surface area (Å²) in [5.41, 5.74) is 8.18. The Hall–Kier alpha value is -4.55. The first-order valence-electron chi connectivity index (χ1n) is 10.8. The number of rotatable bonds is 11. The molecule has 0 saturated heterocycles. The average Bonchev–Trinajstić information content (AvgIpc) is 2.80. The maximum atomic E-state index is 12.4. The fourth-order valence-corrected chi connectivity index (χ4v) is 3.12. The van der Waals surface area contributed by atoms with Gasteiger partial charge in [0.2, 0.25) is 5.95 Å². The van der Waals surface area contributed by atoms with Gasteiger partial charge in [0.15, 0.2) is 17.0 Å². The van der Waals surface area contributed by atoms with Crippen molar-refractivity contribution in [3.8, 4) is 0 Å². The van der Waals surface area contributed by atoms with Gasteiger partial charge in [0.25, 0.3) is 5.91 Å². The number of hydrogen-bond acceptors (Lipinski definition) is 10. The summed E-state index contributed by atoms with van der Waals surface area (Å²) in [6.07, 6.45) is 0.993. The Morgan fingerprint density at radius 2 is 1.77 bits per heavy atom. The summed E-state index contributed by atoms with van der Waals surface area (Å²) in [7, 11) is 0. The van der Waals surface area contributed by atoms with E-state index in [1.54, 1.807) is 18.3 Å². The minimum absolute atomic E-state index is 0.0986. The molecule has 3 rings (SSSR count). The lowest BCUT2D eigenvalue weighted by Crippen LogP contribution is -2.41. The largest absolute Gasteiger partial charge is 0.481 e. The molecule has 13 heteroatoms. The number of amides is 1. The molecule has 2 aromatic heterocycles. The number of aliphatic carboxylic acids is 2. The van der Waals surface area contributed by atoms with Crippen LogP contribution in [0.25, 0.3) is 11.2 Å². The molecule has 0 radical (unpaired) electrons. The van der Waals surface area contributed by atoms with Crippen molar-refractivity contribution in [1.82, 2.24) is 25.3 Å². The van der Waals surface area contributed by atoms with Crippen LogP contribution in [0.2, 0.25) is 0 Å². The van der Waals surface area contributed by atoms with Crippen molar-refractivity contribution in [2.45, 2.75) is 45.3 Å². The van der Waals surface area contributed by atoms with Crippen LogP contribution in [0.3, 0.4) is 0 Å². The van der Waals surface area contributed by atoms with Gasteiger partial charge < -0.3 is 31.9 Å². The Labute approximate surface area is 200 Å². The number of nitrogens with two attached hydrogens (primary N) is 1. The van der Waals surface area contributed by atoms with Crippen molar-refractivity contribution < 1.29 is 24.6 Å². The fourth-order valence-electron chi connectivity index (χ4n) is 3.12. The molecule has 35 heavy (non-hydrogen) atoms. The van der Waals surface area contributed by atoms with Crippen molar-refractivity contribution in [1.29, 1.82) is 0 Å². The molecule has 1 aromatic carbocycles. The molecule has 1 atom stereocenters. The van der Waals surface area contributed by atoms with E-state index in [2.05, 4.69) is 35.9 Å². The van der Waals surface area contributed by atoms with Crippen molar-refractivity contribution >= 4 is 46.5 Å². The molecule has 0 fully saturated rings. The second-order valence-corrected chi connectivity index (χ2v) is 7.99. The minimum Gasteiger partial charge on any atom is -0.481 e. The first-order chi connectivity index (χ1) is 16.6. The van der Waals surface area contributed by atoms with Gasteiger partial charge in [-0.2, -0.15) is 9.97 Å². The molecule has 0 bridgehead atoms. The van der Waals surface area contributed by atoms with E-state index in [9.17, 15) is 19.5 Å². The normalized spacial score (nSPS) is 11.7. The third kappa shape index (κ3) is 6.96. The highest BCUT2D eigenvalue weighted by Gasteiger charge is 2.21. The number of fused-ring (bicyclic) bond motifs is 1. The highest BCUT2D eigenvalue weighted by molar-refractivity contribution is 5.97. The summed E-state index contributed by atoms with van der Waals surface area (Å²) >= 11 is 0. The quantitative estimate of drug-likeness (QED) is 0.230. The van der Waals surface area contributed by atoms with Crippen LogP contribution in [0.15, 0.2) is 30.5 Å². The van der Waals surface area contributed by atoms with Gasteiger partial charge in [-0.25, -0.2) is 14.8 Å². The molecule has 3 aromatic rings. The SMILES string of the molecule is CC(C)Nc1nc(N)nc2ncc(CNc3ccc(C(=O)N[C@@H](CCC(=O)O)C(=O)O)cc3)nc12. The van der Waals surface area contributed by atoms with Crippen molar-refractivity contribution in [2.24, 2.45) is 0 Å². The molecule has 0 aliphatic carbocycles. The van der Waals surface area contributed by atoms with E-state index in [-0.39, 0.29) is 30.4 Å². The standard InChI is InChI=1S/C22H26N8O5/c1-11(2)26-19-17-18(29-22(23)30-19)25-10-14(27-17)9-24-13-5-3-12(4-6-13)20(33)28-15(21(34)35)7-8-16(31)32/h3-6,10-11,15,24H,7-9H2,1-2H3,(H,28,33)(H,31,32)(H,34,35)(H3,23,25,26,29,30)/t15-/m0/s1. The van der Waals surface area contributed by atoms with Crippen LogP contribution in [-0.2, 0) is 16.1 Å². The Balaban J connectivity index is 1.65. The number of hydrogen-bond donors (Lipinski definition) is 6. The van der Waals surface area contributed by atoms with Crippen molar-refractivity contribution in [3.63, 3.8) is 0 Å². The van der Waals surface area contributed by atoms with Gasteiger partial charge in [-0.3, -0.25) is 9.59 Å². The predicted molar refractivity (Wildman–Crippen MR) is 128 cm³/mol. The van der Waals surface area contributed by atoms with Crippen LogP contribution in [-0.4, -0.2) is 60.1 Å². The lowest BCUT2D eigenvalue weighted by atomic mass is 10.1. The number of benzene rings is 1. The first kappa shape index (κ1) is 25.1. The van der Waals surface area contributed by atoms with Gasteiger partial charge in [-0.05, 0) is 44.5 Å². The van der Waals surface area contributed by atoms with E-state index in [0.717, 1.165) is 0 Å². The molecular weight excluding hydrogens is 456 g/mol. The van der Waals surface area contributed by atoms with Crippen LogP contribution in [0, 0.1) is 0 Å². The number of nitrogen functional groups attached to an aromatic ring is 1. The first-order valence-corrected chi connectivity index (χ1v) is 10.8. The lowest BCUT2D eigenvalue weighted by Gasteiger charge is -2.14. The number of nitrogens with zero attached hydrogens (tertiary/aromatic N) is 4. The van der Waals surface area contributed by atoms with Crippen LogP contribution < -0.4 is 21.7 Å². The maximum absolute atomic E-state index is 12.4. The zero-order valence-electron chi connectivity index (χ0n) is 19.1.